The zero-order chi connectivity index (χ0) is 29.8. The van der Waals surface area contributed by atoms with E-state index in [1.165, 1.54) is 5.56 Å². The van der Waals surface area contributed by atoms with Crippen molar-refractivity contribution in [3.8, 4) is 28.5 Å². The molecule has 3 nitrogen and oxygen atoms in total. The number of rotatable bonds is 4. The van der Waals surface area contributed by atoms with Gasteiger partial charge in [-0.3, -0.25) is 0 Å². The molecular formula is C38H41N2O+. The van der Waals surface area contributed by atoms with E-state index in [0.29, 0.717) is 22.8 Å². The SMILES string of the molecule is [2H]C1(c2ccc(-c3c(C#N)ccc4c3oc3c(-c5cc(C(C)C)cc[n+]5C)cccc34)cc2)CCC(C(C)(C)C)CC1. The number of pyridine rings is 1. The molecule has 5 aromatic rings. The average Bonchev–Trinajstić information content (AvgIpc) is 3.35. The quantitative estimate of drug-likeness (QED) is 0.212. The van der Waals surface area contributed by atoms with Gasteiger partial charge in [0.05, 0.1) is 17.2 Å². The number of aryl methyl sites for hydroxylation is 1. The summed E-state index contributed by atoms with van der Waals surface area (Å²) in [5.74, 6) is 0.529. The van der Waals surface area contributed by atoms with Gasteiger partial charge in [-0.05, 0) is 83.7 Å². The van der Waals surface area contributed by atoms with E-state index in [-0.39, 0.29) is 0 Å². The van der Waals surface area contributed by atoms with E-state index in [1.807, 2.05) is 12.1 Å². The third-order valence-electron chi connectivity index (χ3n) is 9.30. The summed E-state index contributed by atoms with van der Waals surface area (Å²) in [6.07, 6.45) is 6.06. The molecule has 0 amide bonds. The average molecular weight is 543 g/mol. The van der Waals surface area contributed by atoms with Crippen molar-refractivity contribution in [2.45, 2.75) is 72.1 Å². The van der Waals surface area contributed by atoms with Crippen LogP contribution < -0.4 is 4.57 Å². The van der Waals surface area contributed by atoms with Gasteiger partial charge in [0.15, 0.2) is 6.20 Å². The number of nitrogens with zero attached hydrogens (tertiary/aromatic N) is 2. The maximum Gasteiger partial charge on any atom is 0.216 e. The predicted molar refractivity (Wildman–Crippen MR) is 169 cm³/mol. The van der Waals surface area contributed by atoms with E-state index in [0.717, 1.165) is 75.6 Å². The normalized spacial score (nSPS) is 20.0. The first-order valence-corrected chi connectivity index (χ1v) is 15.0. The molecule has 1 aliphatic carbocycles. The number of benzene rings is 3. The number of fused-ring (bicyclic) bond motifs is 3. The van der Waals surface area contributed by atoms with E-state index >= 15 is 0 Å². The minimum Gasteiger partial charge on any atom is -0.454 e. The van der Waals surface area contributed by atoms with E-state index in [9.17, 15) is 6.63 Å². The Balaban J connectivity index is 1.44. The van der Waals surface area contributed by atoms with Crippen LogP contribution in [0.25, 0.3) is 44.3 Å². The Kier molecular flexibility index (Phi) is 6.66. The van der Waals surface area contributed by atoms with Crippen molar-refractivity contribution in [3.63, 3.8) is 0 Å². The van der Waals surface area contributed by atoms with Crippen molar-refractivity contribution < 1.29 is 10.4 Å². The molecule has 3 aromatic carbocycles. The summed E-state index contributed by atoms with van der Waals surface area (Å²) in [6, 6.07) is 25.4. The van der Waals surface area contributed by atoms with Gasteiger partial charge in [0.2, 0.25) is 5.69 Å². The molecule has 0 spiro atoms. The molecule has 2 aromatic heterocycles. The number of furan rings is 1. The van der Waals surface area contributed by atoms with E-state index in [1.54, 1.807) is 0 Å². The predicted octanol–water partition coefficient (Wildman–Crippen LogP) is 10.1. The van der Waals surface area contributed by atoms with E-state index in [2.05, 4.69) is 113 Å². The molecule has 1 aliphatic rings. The van der Waals surface area contributed by atoms with E-state index < -0.39 is 5.89 Å². The molecule has 0 atom stereocenters. The molecule has 6 rings (SSSR count). The zero-order valence-electron chi connectivity index (χ0n) is 26.2. The molecule has 1 saturated carbocycles. The Morgan fingerprint density at radius 2 is 1.63 bits per heavy atom. The highest BCUT2D eigenvalue weighted by molar-refractivity contribution is 6.13. The van der Waals surface area contributed by atoms with Crippen molar-refractivity contribution in [1.29, 1.82) is 5.26 Å². The number of para-hydroxylation sites is 1. The summed E-state index contributed by atoms with van der Waals surface area (Å²) in [5.41, 5.74) is 8.69. The molecule has 1 fully saturated rings. The van der Waals surface area contributed by atoms with Gasteiger partial charge >= 0.3 is 0 Å². The van der Waals surface area contributed by atoms with Crippen LogP contribution in [-0.2, 0) is 7.05 Å². The topological polar surface area (TPSA) is 40.8 Å². The van der Waals surface area contributed by atoms with Gasteiger partial charge < -0.3 is 4.42 Å². The maximum absolute atomic E-state index is 10.1. The van der Waals surface area contributed by atoms with Crippen LogP contribution in [0.4, 0.5) is 0 Å². The third-order valence-corrected chi connectivity index (χ3v) is 9.30. The van der Waals surface area contributed by atoms with Gasteiger partial charge in [-0.15, -0.1) is 0 Å². The molecule has 0 N–H and O–H groups in total. The highest BCUT2D eigenvalue weighted by atomic mass is 16.3. The molecule has 208 valence electrons. The van der Waals surface area contributed by atoms with Gasteiger partial charge in [-0.2, -0.15) is 5.26 Å². The van der Waals surface area contributed by atoms with Gasteiger partial charge in [0.1, 0.15) is 18.2 Å². The fourth-order valence-corrected chi connectivity index (χ4v) is 6.65. The van der Waals surface area contributed by atoms with Crippen LogP contribution in [0.15, 0.2) is 77.3 Å². The first-order chi connectivity index (χ1) is 20.0. The summed E-state index contributed by atoms with van der Waals surface area (Å²) in [6.45, 7) is 11.4. The minimum atomic E-state index is -0.557. The van der Waals surface area contributed by atoms with Crippen molar-refractivity contribution in [1.82, 2.24) is 0 Å². The highest BCUT2D eigenvalue weighted by Crippen LogP contribution is 2.44. The number of hydrogen-bond donors (Lipinski definition) is 0. The number of aromatic nitrogens is 1. The lowest BCUT2D eigenvalue weighted by Gasteiger charge is -2.37. The van der Waals surface area contributed by atoms with Crippen molar-refractivity contribution in [2.24, 2.45) is 18.4 Å². The highest BCUT2D eigenvalue weighted by Gasteiger charge is 2.30. The lowest BCUT2D eigenvalue weighted by molar-refractivity contribution is -0.660. The summed E-state index contributed by atoms with van der Waals surface area (Å²) in [5, 5.41) is 12.2. The standard InChI is InChI=1S/C38H41N2O/c1-24(2)28-20-21-40(6)34(22-28)33-9-7-8-31-32-19-16-29(23-39)35(37(32)41-36(31)33)27-12-10-25(11-13-27)26-14-17-30(18-15-26)38(3,4)5/h7-13,16,19-22,24,26,30H,14-15,17-18H2,1-6H3/q+1/i26D. The minimum absolute atomic E-state index is 0.290. The molecule has 3 heteroatoms. The van der Waals surface area contributed by atoms with Crippen LogP contribution in [0.5, 0.6) is 0 Å². The van der Waals surface area contributed by atoms with Gasteiger partial charge in [0.25, 0.3) is 0 Å². The van der Waals surface area contributed by atoms with Crippen LogP contribution in [0.1, 0.15) is 90.2 Å². The fourth-order valence-electron chi connectivity index (χ4n) is 6.65. The van der Waals surface area contributed by atoms with Crippen molar-refractivity contribution >= 4 is 21.9 Å². The Morgan fingerprint density at radius 1 is 0.927 bits per heavy atom. The van der Waals surface area contributed by atoms with Crippen LogP contribution in [0, 0.1) is 22.7 Å². The summed E-state index contributed by atoms with van der Waals surface area (Å²) >= 11 is 0. The smallest absolute Gasteiger partial charge is 0.216 e. The lowest BCUT2D eigenvalue weighted by Crippen LogP contribution is -2.30. The second-order valence-electron chi connectivity index (χ2n) is 13.2. The fraction of sp³-hybridized carbons (Fsp3) is 0.368. The van der Waals surface area contributed by atoms with Crippen LogP contribution in [-0.4, -0.2) is 0 Å². The maximum atomic E-state index is 10.1. The van der Waals surface area contributed by atoms with Crippen LogP contribution in [0.2, 0.25) is 0 Å². The second kappa shape index (κ2) is 10.5. The van der Waals surface area contributed by atoms with E-state index in [4.69, 9.17) is 4.42 Å². The number of hydrogen-bond acceptors (Lipinski definition) is 2. The van der Waals surface area contributed by atoms with Gasteiger partial charge in [-0.1, -0.05) is 71.0 Å². The van der Waals surface area contributed by atoms with Crippen molar-refractivity contribution in [2.75, 3.05) is 0 Å². The first kappa shape index (κ1) is 26.0. The molecule has 0 radical (unpaired) electrons. The van der Waals surface area contributed by atoms with Crippen LogP contribution in [0.3, 0.4) is 0 Å². The van der Waals surface area contributed by atoms with Gasteiger partial charge in [0, 0.05) is 29.8 Å². The summed E-state index contributed by atoms with van der Waals surface area (Å²) in [7, 11) is 2.07. The molecular weight excluding hydrogens is 500 g/mol. The molecule has 0 aliphatic heterocycles. The summed E-state index contributed by atoms with van der Waals surface area (Å²) in [4.78, 5) is 0. The van der Waals surface area contributed by atoms with Crippen molar-refractivity contribution in [3.05, 3.63) is 89.6 Å². The zero-order valence-corrected chi connectivity index (χ0v) is 25.2. The van der Waals surface area contributed by atoms with Gasteiger partial charge in [-0.25, -0.2) is 4.57 Å². The molecule has 0 unspecified atom stereocenters. The second-order valence-corrected chi connectivity index (χ2v) is 13.2. The first-order valence-electron chi connectivity index (χ1n) is 15.5. The Labute approximate surface area is 245 Å². The largest absolute Gasteiger partial charge is 0.454 e. The lowest BCUT2D eigenvalue weighted by atomic mass is 9.68. The number of nitriles is 1. The Hall–Kier alpha value is -3.90. The molecule has 0 saturated heterocycles. The summed E-state index contributed by atoms with van der Waals surface area (Å²) < 4.78 is 18.2. The molecule has 0 bridgehead atoms. The monoisotopic (exact) mass is 542 g/mol. The molecule has 41 heavy (non-hydrogen) atoms. The molecule has 2 heterocycles. The third kappa shape index (κ3) is 4.95. The van der Waals surface area contributed by atoms with Crippen LogP contribution >= 0.6 is 0 Å². The Bertz CT molecular complexity index is 1820. The Morgan fingerprint density at radius 3 is 2.29 bits per heavy atom.